The van der Waals surface area contributed by atoms with Crippen LogP contribution in [0.15, 0.2) is 60.7 Å². The first kappa shape index (κ1) is 16.3. The van der Waals surface area contributed by atoms with Gasteiger partial charge in [-0.1, -0.05) is 29.3 Å². The predicted molar refractivity (Wildman–Crippen MR) is 98.3 cm³/mol. The lowest BCUT2D eigenvalue weighted by Crippen LogP contribution is -1.91. The normalized spacial score (nSPS) is 10.4. The van der Waals surface area contributed by atoms with Crippen molar-refractivity contribution in [2.45, 2.75) is 0 Å². The minimum absolute atomic E-state index is 0.467. The molecule has 0 aliphatic heterocycles. The standard InChI is InChI=1S/C18H14Cl2N2O2/c19-15-6-4-11(21)8-17(15)23-13-2-1-3-14(10-13)24-18-9-12(22)5-7-16(18)20/h1-10H,21-22H2. The summed E-state index contributed by atoms with van der Waals surface area (Å²) in [7, 11) is 0. The molecule has 24 heavy (non-hydrogen) atoms. The van der Waals surface area contributed by atoms with Gasteiger partial charge in [-0.25, -0.2) is 0 Å². The maximum atomic E-state index is 6.11. The summed E-state index contributed by atoms with van der Waals surface area (Å²) in [6, 6.07) is 17.2. The Hall–Kier alpha value is -2.56. The van der Waals surface area contributed by atoms with Crippen molar-refractivity contribution < 1.29 is 9.47 Å². The first-order chi connectivity index (χ1) is 11.5. The van der Waals surface area contributed by atoms with E-state index in [0.717, 1.165) is 0 Å². The highest BCUT2D eigenvalue weighted by molar-refractivity contribution is 6.32. The lowest BCUT2D eigenvalue weighted by Gasteiger charge is -2.11. The quantitative estimate of drug-likeness (QED) is 0.581. The average molecular weight is 361 g/mol. The van der Waals surface area contributed by atoms with Gasteiger partial charge in [0, 0.05) is 29.6 Å². The van der Waals surface area contributed by atoms with E-state index in [1.54, 1.807) is 60.7 Å². The summed E-state index contributed by atoms with van der Waals surface area (Å²) in [5, 5.41) is 0.934. The Bertz CT molecular complexity index is 816. The Morgan fingerprint density at radius 1 is 0.625 bits per heavy atom. The summed E-state index contributed by atoms with van der Waals surface area (Å²) in [4.78, 5) is 0. The van der Waals surface area contributed by atoms with Crippen molar-refractivity contribution in [2.24, 2.45) is 0 Å². The van der Waals surface area contributed by atoms with E-state index in [-0.39, 0.29) is 0 Å². The van der Waals surface area contributed by atoms with Gasteiger partial charge >= 0.3 is 0 Å². The average Bonchev–Trinajstić information content (AvgIpc) is 2.55. The number of anilines is 2. The van der Waals surface area contributed by atoms with Crippen LogP contribution < -0.4 is 20.9 Å². The second kappa shape index (κ2) is 6.91. The number of ether oxygens (including phenoxy) is 2. The van der Waals surface area contributed by atoms with E-state index in [4.69, 9.17) is 44.1 Å². The minimum Gasteiger partial charge on any atom is -0.456 e. The van der Waals surface area contributed by atoms with Crippen LogP contribution in [0.5, 0.6) is 23.0 Å². The van der Waals surface area contributed by atoms with E-state index in [1.807, 2.05) is 0 Å². The summed E-state index contributed by atoms with van der Waals surface area (Å²) < 4.78 is 11.5. The van der Waals surface area contributed by atoms with Gasteiger partial charge in [0.1, 0.15) is 23.0 Å². The summed E-state index contributed by atoms with van der Waals surface area (Å²) in [6.07, 6.45) is 0. The second-order valence-corrected chi connectivity index (χ2v) is 5.87. The molecule has 0 fully saturated rings. The third-order valence-corrected chi connectivity index (χ3v) is 3.80. The first-order valence-corrected chi connectivity index (χ1v) is 7.83. The van der Waals surface area contributed by atoms with Crippen LogP contribution in [0.1, 0.15) is 0 Å². The van der Waals surface area contributed by atoms with Crippen LogP contribution in [0.2, 0.25) is 10.0 Å². The Balaban J connectivity index is 1.84. The molecule has 0 aliphatic carbocycles. The molecule has 0 spiro atoms. The van der Waals surface area contributed by atoms with Crippen LogP contribution in [0.25, 0.3) is 0 Å². The maximum Gasteiger partial charge on any atom is 0.148 e. The number of hydrogen-bond donors (Lipinski definition) is 2. The number of benzene rings is 3. The second-order valence-electron chi connectivity index (χ2n) is 5.06. The van der Waals surface area contributed by atoms with Crippen LogP contribution in [-0.2, 0) is 0 Å². The van der Waals surface area contributed by atoms with E-state index in [9.17, 15) is 0 Å². The molecule has 0 unspecified atom stereocenters. The SMILES string of the molecule is Nc1ccc(Cl)c(Oc2cccc(Oc3cc(N)ccc3Cl)c2)c1. The molecular weight excluding hydrogens is 347 g/mol. The zero-order valence-corrected chi connectivity index (χ0v) is 14.0. The zero-order chi connectivity index (χ0) is 17.1. The molecule has 0 aliphatic rings. The van der Waals surface area contributed by atoms with Gasteiger partial charge in [0.05, 0.1) is 10.0 Å². The van der Waals surface area contributed by atoms with Crippen molar-refractivity contribution in [1.29, 1.82) is 0 Å². The molecule has 0 saturated heterocycles. The molecule has 3 aromatic carbocycles. The lowest BCUT2D eigenvalue weighted by atomic mass is 10.3. The highest BCUT2D eigenvalue weighted by Gasteiger charge is 2.07. The van der Waals surface area contributed by atoms with Crippen molar-refractivity contribution in [3.8, 4) is 23.0 Å². The highest BCUT2D eigenvalue weighted by Crippen LogP contribution is 2.35. The van der Waals surface area contributed by atoms with Crippen LogP contribution >= 0.6 is 23.2 Å². The Kier molecular flexibility index (Phi) is 4.69. The van der Waals surface area contributed by atoms with Crippen molar-refractivity contribution in [2.75, 3.05) is 11.5 Å². The van der Waals surface area contributed by atoms with E-state index < -0.39 is 0 Å². The van der Waals surface area contributed by atoms with Crippen molar-refractivity contribution >= 4 is 34.6 Å². The molecule has 0 aromatic heterocycles. The lowest BCUT2D eigenvalue weighted by molar-refractivity contribution is 0.461. The summed E-state index contributed by atoms with van der Waals surface area (Å²) in [6.45, 7) is 0. The Morgan fingerprint density at radius 2 is 1.08 bits per heavy atom. The number of nitrogen functional groups attached to an aromatic ring is 2. The van der Waals surface area contributed by atoms with E-state index in [0.29, 0.717) is 44.4 Å². The molecule has 0 radical (unpaired) electrons. The number of hydrogen-bond acceptors (Lipinski definition) is 4. The van der Waals surface area contributed by atoms with Crippen LogP contribution in [0, 0.1) is 0 Å². The molecule has 4 nitrogen and oxygen atoms in total. The number of halogens is 2. The molecule has 0 atom stereocenters. The van der Waals surface area contributed by atoms with Gasteiger partial charge in [0.15, 0.2) is 0 Å². The molecule has 3 rings (SSSR count). The predicted octanol–water partition coefficient (Wildman–Crippen LogP) is 5.74. The summed E-state index contributed by atoms with van der Waals surface area (Å²) in [5.41, 5.74) is 12.6. The molecule has 6 heteroatoms. The first-order valence-electron chi connectivity index (χ1n) is 7.07. The third-order valence-electron chi connectivity index (χ3n) is 3.17. The largest absolute Gasteiger partial charge is 0.456 e. The topological polar surface area (TPSA) is 70.5 Å². The fourth-order valence-electron chi connectivity index (χ4n) is 2.05. The van der Waals surface area contributed by atoms with Crippen molar-refractivity contribution in [3.63, 3.8) is 0 Å². The van der Waals surface area contributed by atoms with Gasteiger partial charge in [-0.2, -0.15) is 0 Å². The fraction of sp³-hybridized carbons (Fsp3) is 0. The zero-order valence-electron chi connectivity index (χ0n) is 12.5. The number of rotatable bonds is 4. The molecular formula is C18H14Cl2N2O2. The third kappa shape index (κ3) is 3.85. The van der Waals surface area contributed by atoms with Crippen LogP contribution in [0.3, 0.4) is 0 Å². The molecule has 4 N–H and O–H groups in total. The van der Waals surface area contributed by atoms with Crippen LogP contribution in [0.4, 0.5) is 11.4 Å². The Morgan fingerprint density at radius 3 is 1.54 bits per heavy atom. The van der Waals surface area contributed by atoms with Gasteiger partial charge in [-0.3, -0.25) is 0 Å². The molecule has 0 heterocycles. The van der Waals surface area contributed by atoms with Crippen molar-refractivity contribution in [1.82, 2.24) is 0 Å². The molecule has 0 bridgehead atoms. The van der Waals surface area contributed by atoms with E-state index >= 15 is 0 Å². The van der Waals surface area contributed by atoms with Gasteiger partial charge in [0.25, 0.3) is 0 Å². The highest BCUT2D eigenvalue weighted by atomic mass is 35.5. The number of nitrogens with two attached hydrogens (primary N) is 2. The smallest absolute Gasteiger partial charge is 0.148 e. The maximum absolute atomic E-state index is 6.11. The Labute approximate surface area is 149 Å². The molecule has 3 aromatic rings. The van der Waals surface area contributed by atoms with Gasteiger partial charge < -0.3 is 20.9 Å². The summed E-state index contributed by atoms with van der Waals surface area (Å²) in [5.74, 6) is 2.05. The fourth-order valence-corrected chi connectivity index (χ4v) is 2.36. The van der Waals surface area contributed by atoms with Gasteiger partial charge in [-0.05, 0) is 36.4 Å². The monoisotopic (exact) mass is 360 g/mol. The molecule has 0 amide bonds. The molecule has 122 valence electrons. The van der Waals surface area contributed by atoms with Gasteiger partial charge in [-0.15, -0.1) is 0 Å². The van der Waals surface area contributed by atoms with Gasteiger partial charge in [0.2, 0.25) is 0 Å². The minimum atomic E-state index is 0.467. The van der Waals surface area contributed by atoms with E-state index in [2.05, 4.69) is 0 Å². The van der Waals surface area contributed by atoms with Crippen molar-refractivity contribution in [3.05, 3.63) is 70.7 Å². The van der Waals surface area contributed by atoms with Crippen LogP contribution in [-0.4, -0.2) is 0 Å². The summed E-state index contributed by atoms with van der Waals surface area (Å²) >= 11 is 12.2. The van der Waals surface area contributed by atoms with E-state index in [1.165, 1.54) is 0 Å². The molecule has 0 saturated carbocycles.